The molecule has 0 bridgehead atoms. The van der Waals surface area contributed by atoms with E-state index in [1.54, 1.807) is 11.8 Å². The number of anilines is 1. The van der Waals surface area contributed by atoms with Gasteiger partial charge in [0.15, 0.2) is 0 Å². The molecule has 2 aliphatic heterocycles. The summed E-state index contributed by atoms with van der Waals surface area (Å²) in [5, 5.41) is 13.0. The van der Waals surface area contributed by atoms with Crippen molar-refractivity contribution in [1.29, 1.82) is 5.26 Å². The maximum Gasteiger partial charge on any atom is 0.221 e. The van der Waals surface area contributed by atoms with E-state index in [2.05, 4.69) is 17.5 Å². The van der Waals surface area contributed by atoms with Crippen molar-refractivity contribution >= 4 is 11.6 Å². The van der Waals surface area contributed by atoms with Crippen molar-refractivity contribution in [3.05, 3.63) is 29.3 Å². The molecule has 0 saturated carbocycles. The van der Waals surface area contributed by atoms with Crippen molar-refractivity contribution in [1.82, 2.24) is 4.90 Å². The molecule has 2 heterocycles. The summed E-state index contributed by atoms with van der Waals surface area (Å²) in [7, 11) is 0. The molecule has 0 unspecified atom stereocenters. The first kappa shape index (κ1) is 11.1. The van der Waals surface area contributed by atoms with Crippen LogP contribution in [0.25, 0.3) is 0 Å². The quantitative estimate of drug-likeness (QED) is 0.753. The van der Waals surface area contributed by atoms with E-state index in [4.69, 9.17) is 0 Å². The minimum absolute atomic E-state index is 0.0224. The number of nitrogens with one attached hydrogen (secondary N) is 1. The number of carbonyl (C=O) groups excluding carboxylic acids is 1. The van der Waals surface area contributed by atoms with Crippen molar-refractivity contribution in [3.8, 4) is 6.07 Å². The third-order valence-corrected chi connectivity index (χ3v) is 4.08. The van der Waals surface area contributed by atoms with Crippen LogP contribution in [0.3, 0.4) is 0 Å². The van der Waals surface area contributed by atoms with Crippen molar-refractivity contribution in [2.24, 2.45) is 0 Å². The first-order valence-corrected chi connectivity index (χ1v) is 6.14. The molecular weight excluding hydrogens is 226 g/mol. The highest BCUT2D eigenvalue weighted by atomic mass is 16.2. The standard InChI is InChI=1S/C14H15N3O/c1-9-3-4-12-11(7-9)14(8-15)5-6-17(10(2)18)13(14)16-12/h3-4,7,13,16H,5-6H2,1-2H3/t13-,14+/m0/s1. The van der Waals surface area contributed by atoms with Crippen molar-refractivity contribution in [2.75, 3.05) is 11.9 Å². The van der Waals surface area contributed by atoms with E-state index in [1.807, 2.05) is 19.1 Å². The molecule has 2 atom stereocenters. The van der Waals surface area contributed by atoms with Gasteiger partial charge in [0.25, 0.3) is 0 Å². The predicted octanol–water partition coefficient (Wildman–Crippen LogP) is 1.76. The van der Waals surface area contributed by atoms with E-state index in [1.165, 1.54) is 0 Å². The van der Waals surface area contributed by atoms with Crippen LogP contribution in [0.4, 0.5) is 5.69 Å². The fourth-order valence-electron chi connectivity index (χ4n) is 3.13. The van der Waals surface area contributed by atoms with Crippen LogP contribution in [-0.4, -0.2) is 23.5 Å². The Balaban J connectivity index is 2.14. The minimum Gasteiger partial charge on any atom is -0.363 e. The summed E-state index contributed by atoms with van der Waals surface area (Å²) in [4.78, 5) is 13.4. The molecular formula is C14H15N3O. The molecule has 1 amide bonds. The van der Waals surface area contributed by atoms with E-state index in [9.17, 15) is 10.1 Å². The topological polar surface area (TPSA) is 56.1 Å². The monoisotopic (exact) mass is 241 g/mol. The Labute approximate surface area is 106 Å². The molecule has 3 rings (SSSR count). The van der Waals surface area contributed by atoms with Gasteiger partial charge in [0.1, 0.15) is 11.6 Å². The zero-order valence-electron chi connectivity index (χ0n) is 10.5. The van der Waals surface area contributed by atoms with Gasteiger partial charge in [0.2, 0.25) is 5.91 Å². The number of aryl methyl sites for hydroxylation is 1. The molecule has 2 aliphatic rings. The molecule has 1 saturated heterocycles. The Morgan fingerprint density at radius 3 is 3.06 bits per heavy atom. The van der Waals surface area contributed by atoms with E-state index in [-0.39, 0.29) is 12.1 Å². The molecule has 0 radical (unpaired) electrons. The molecule has 1 fully saturated rings. The van der Waals surface area contributed by atoms with Crippen molar-refractivity contribution in [3.63, 3.8) is 0 Å². The third kappa shape index (κ3) is 1.22. The van der Waals surface area contributed by atoms with Crippen LogP contribution >= 0.6 is 0 Å². The van der Waals surface area contributed by atoms with Crippen LogP contribution in [0.15, 0.2) is 18.2 Å². The summed E-state index contributed by atoms with van der Waals surface area (Å²) < 4.78 is 0. The highest BCUT2D eigenvalue weighted by Gasteiger charge is 2.55. The third-order valence-electron chi connectivity index (χ3n) is 4.08. The minimum atomic E-state index is -0.576. The van der Waals surface area contributed by atoms with Gasteiger partial charge in [-0.25, -0.2) is 0 Å². The molecule has 1 aromatic rings. The normalized spacial score (nSPS) is 28.3. The number of carbonyl (C=O) groups is 1. The van der Waals surface area contributed by atoms with E-state index in [0.29, 0.717) is 13.0 Å². The lowest BCUT2D eigenvalue weighted by atomic mass is 9.80. The van der Waals surface area contributed by atoms with E-state index >= 15 is 0 Å². The lowest BCUT2D eigenvalue weighted by molar-refractivity contribution is -0.129. The van der Waals surface area contributed by atoms with Gasteiger partial charge in [-0.15, -0.1) is 0 Å². The predicted molar refractivity (Wildman–Crippen MR) is 67.9 cm³/mol. The Bertz CT molecular complexity index is 575. The zero-order valence-corrected chi connectivity index (χ0v) is 10.5. The molecule has 4 nitrogen and oxygen atoms in total. The Kier molecular flexibility index (Phi) is 2.15. The highest BCUT2D eigenvalue weighted by molar-refractivity contribution is 5.77. The number of rotatable bonds is 0. The number of nitrogens with zero attached hydrogens (tertiary/aromatic N) is 2. The molecule has 0 aromatic heterocycles. The first-order valence-electron chi connectivity index (χ1n) is 6.14. The number of likely N-dealkylation sites (tertiary alicyclic amines) is 1. The summed E-state index contributed by atoms with van der Waals surface area (Å²) in [6.45, 7) is 4.23. The van der Waals surface area contributed by atoms with E-state index < -0.39 is 5.41 Å². The zero-order chi connectivity index (χ0) is 12.9. The second-order valence-electron chi connectivity index (χ2n) is 5.14. The maximum absolute atomic E-state index is 11.6. The summed E-state index contributed by atoms with van der Waals surface area (Å²) >= 11 is 0. The second kappa shape index (κ2) is 3.49. The fraction of sp³-hybridized carbons (Fsp3) is 0.429. The Morgan fingerprint density at radius 2 is 2.39 bits per heavy atom. The fourth-order valence-corrected chi connectivity index (χ4v) is 3.13. The van der Waals surface area contributed by atoms with Gasteiger partial charge in [-0.1, -0.05) is 17.7 Å². The molecule has 1 N–H and O–H groups in total. The summed E-state index contributed by atoms with van der Waals surface area (Å²) in [5.74, 6) is 0.0224. The van der Waals surface area contributed by atoms with Gasteiger partial charge in [-0.3, -0.25) is 4.79 Å². The number of hydrogen-bond donors (Lipinski definition) is 1. The van der Waals surface area contributed by atoms with Gasteiger partial charge in [-0.05, 0) is 25.0 Å². The van der Waals surface area contributed by atoms with Crippen LogP contribution in [0.1, 0.15) is 24.5 Å². The number of benzene rings is 1. The average molecular weight is 241 g/mol. The highest BCUT2D eigenvalue weighted by Crippen LogP contribution is 2.48. The van der Waals surface area contributed by atoms with Crippen LogP contribution in [0, 0.1) is 18.3 Å². The molecule has 0 spiro atoms. The number of nitriles is 1. The van der Waals surface area contributed by atoms with Gasteiger partial charge in [0, 0.05) is 19.2 Å². The van der Waals surface area contributed by atoms with Gasteiger partial charge in [-0.2, -0.15) is 5.26 Å². The van der Waals surface area contributed by atoms with E-state index in [0.717, 1.165) is 16.8 Å². The summed E-state index contributed by atoms with van der Waals surface area (Å²) in [6.07, 6.45) is 0.494. The lowest BCUT2D eigenvalue weighted by Gasteiger charge is -2.26. The Hall–Kier alpha value is -2.02. The van der Waals surface area contributed by atoms with Crippen molar-refractivity contribution < 1.29 is 4.79 Å². The maximum atomic E-state index is 11.6. The van der Waals surface area contributed by atoms with Crippen molar-refractivity contribution in [2.45, 2.75) is 31.8 Å². The first-order chi connectivity index (χ1) is 8.58. The summed E-state index contributed by atoms with van der Waals surface area (Å²) in [6, 6.07) is 8.54. The second-order valence-corrected chi connectivity index (χ2v) is 5.14. The largest absolute Gasteiger partial charge is 0.363 e. The smallest absolute Gasteiger partial charge is 0.221 e. The number of amides is 1. The molecule has 0 aliphatic carbocycles. The SMILES string of the molecule is CC(=O)N1CC[C@@]2(C#N)c3cc(C)ccc3N[C@@H]12. The van der Waals surface area contributed by atoms with Gasteiger partial charge >= 0.3 is 0 Å². The van der Waals surface area contributed by atoms with Crippen LogP contribution in [-0.2, 0) is 10.2 Å². The Morgan fingerprint density at radius 1 is 1.61 bits per heavy atom. The number of fused-ring (bicyclic) bond motifs is 3. The summed E-state index contributed by atoms with van der Waals surface area (Å²) in [5.41, 5.74) is 2.59. The molecule has 92 valence electrons. The van der Waals surface area contributed by atoms with Gasteiger partial charge in [0.05, 0.1) is 6.07 Å². The number of hydrogen-bond acceptors (Lipinski definition) is 3. The van der Waals surface area contributed by atoms with Crippen LogP contribution in [0.2, 0.25) is 0 Å². The average Bonchev–Trinajstić information content (AvgIpc) is 2.83. The van der Waals surface area contributed by atoms with Gasteiger partial charge < -0.3 is 10.2 Å². The molecule has 4 heteroatoms. The molecule has 18 heavy (non-hydrogen) atoms. The molecule has 1 aromatic carbocycles. The van der Waals surface area contributed by atoms with Crippen LogP contribution in [0.5, 0.6) is 0 Å². The van der Waals surface area contributed by atoms with Crippen LogP contribution < -0.4 is 5.32 Å². The lowest BCUT2D eigenvalue weighted by Crippen LogP contribution is -2.44.